The summed E-state index contributed by atoms with van der Waals surface area (Å²) in [5.74, 6) is -2.10. The average molecular weight is 1110 g/mol. The van der Waals surface area contributed by atoms with Gasteiger partial charge in [0.05, 0.1) is 48.9 Å². The number of aliphatic carboxylic acids is 1. The maximum absolute atomic E-state index is 14.3. The quantitative estimate of drug-likeness (QED) is 0.0883. The number of thioether (sulfide) groups is 1. The third kappa shape index (κ3) is 13.4. The molecule has 382 valence electrons. The number of methoxy groups -OCH3 is 3. The Balaban J connectivity index is 0.000000185. The van der Waals surface area contributed by atoms with Crippen molar-refractivity contribution >= 4 is 112 Å². The minimum atomic E-state index is -4.68. The summed E-state index contributed by atoms with van der Waals surface area (Å²) < 4.78 is 90.9. The van der Waals surface area contributed by atoms with Crippen LogP contribution in [0.1, 0.15) is 19.8 Å². The zero-order chi connectivity index (χ0) is 52.3. The molecule has 5 aromatic heterocycles. The van der Waals surface area contributed by atoms with Crippen LogP contribution in [0.2, 0.25) is 10.0 Å². The highest BCUT2D eigenvalue weighted by molar-refractivity contribution is 8.00. The first-order chi connectivity index (χ1) is 34.3. The molecule has 0 saturated carbocycles. The number of nitrogens with zero attached hydrogens (tertiary/aromatic N) is 8. The summed E-state index contributed by atoms with van der Waals surface area (Å²) in [7, 11) is -4.75. The van der Waals surface area contributed by atoms with Crippen LogP contribution in [-0.2, 0) is 47.3 Å². The Hall–Kier alpha value is -6.85. The monoisotopic (exact) mass is 1110 g/mol. The number of pyridine rings is 2. The standard InChI is InChI=1S/C16H18N6O7S2.C15H15ClFN3O3S2.C11H8ClNO3/c1-4-30(24,25)13-14(22-8-6-5-7-10(22)17-13)31(26,27)21-16(23)20-15-18-11(28-2)9-12(19-15)29-3;1-23-13(21)8-24-12-7-11(10(17)6-9(12)16)18-14-19-4-2-3-5-20(19)15(22)25-14;12-8-3-4-9(16-6-10(14)15)11-7(8)2-1-5-13-11/h5-9H,4H2,1-3H3,(H2,18,19,20,21,23);6-7H,2-5,8H2,1H3;1-5H,6H2,(H,14,15)/b;18-14-;. The number of carboxylic acids is 1. The number of urea groups is 1. The first-order valence-corrected chi connectivity index (χ1v) is 26.4. The third-order valence-corrected chi connectivity index (χ3v) is 15.4. The van der Waals surface area contributed by atoms with Gasteiger partial charge >= 0.3 is 22.8 Å². The number of anilines is 1. The predicted octanol–water partition coefficient (Wildman–Crippen LogP) is 5.59. The van der Waals surface area contributed by atoms with Crippen LogP contribution in [0.3, 0.4) is 0 Å². The molecule has 0 radical (unpaired) electrons. The fraction of sp³-hybridized carbons (Fsp3) is 0.262. The topological polar surface area (TPSA) is 296 Å². The lowest BCUT2D eigenvalue weighted by atomic mass is 10.2. The molecule has 0 atom stereocenters. The van der Waals surface area contributed by atoms with Crippen molar-refractivity contribution < 1.29 is 59.7 Å². The highest BCUT2D eigenvalue weighted by atomic mass is 35.5. The molecule has 30 heteroatoms. The molecule has 2 aromatic carbocycles. The van der Waals surface area contributed by atoms with Gasteiger partial charge in [-0.05, 0) is 72.7 Å². The van der Waals surface area contributed by atoms with Crippen LogP contribution in [0, 0.1) is 5.82 Å². The molecule has 0 fully saturated rings. The molecule has 1 aliphatic heterocycles. The number of esters is 1. The van der Waals surface area contributed by atoms with Crippen molar-refractivity contribution in [3.63, 3.8) is 0 Å². The minimum absolute atomic E-state index is 0.0584. The van der Waals surface area contributed by atoms with E-state index >= 15 is 0 Å². The van der Waals surface area contributed by atoms with Gasteiger partial charge in [-0.25, -0.2) is 41.8 Å². The van der Waals surface area contributed by atoms with E-state index in [0.717, 1.165) is 51.8 Å². The molecule has 7 aromatic rings. The minimum Gasteiger partial charge on any atom is -0.481 e. The molecule has 0 bridgehead atoms. The molecule has 72 heavy (non-hydrogen) atoms. The van der Waals surface area contributed by atoms with Crippen molar-refractivity contribution in [2.24, 2.45) is 4.99 Å². The lowest BCUT2D eigenvalue weighted by Gasteiger charge is -2.15. The first-order valence-electron chi connectivity index (χ1n) is 20.7. The van der Waals surface area contributed by atoms with E-state index in [-0.39, 0.29) is 50.4 Å². The van der Waals surface area contributed by atoms with Gasteiger partial charge in [0.15, 0.2) is 26.5 Å². The number of sulfone groups is 1. The summed E-state index contributed by atoms with van der Waals surface area (Å²) >= 11 is 14.2. The van der Waals surface area contributed by atoms with Crippen LogP contribution in [0.25, 0.3) is 16.6 Å². The second-order valence-electron chi connectivity index (χ2n) is 14.3. The van der Waals surface area contributed by atoms with E-state index in [1.165, 1.54) is 58.7 Å². The zero-order valence-electron chi connectivity index (χ0n) is 38.1. The Morgan fingerprint density at radius 1 is 0.931 bits per heavy atom. The third-order valence-electron chi connectivity index (χ3n) is 9.65. The molecule has 23 nitrogen and oxygen atoms in total. The largest absolute Gasteiger partial charge is 0.481 e. The number of aromatic nitrogens is 7. The first kappa shape index (κ1) is 54.5. The number of imidazole rings is 1. The van der Waals surface area contributed by atoms with E-state index in [9.17, 15) is 40.4 Å². The van der Waals surface area contributed by atoms with E-state index < -0.39 is 60.3 Å². The van der Waals surface area contributed by atoms with Gasteiger partial charge in [0.1, 0.15) is 28.4 Å². The number of amides is 2. The average Bonchev–Trinajstić information content (AvgIpc) is 3.93. The number of carbonyl (C=O) groups excluding carboxylic acids is 2. The molecule has 8 rings (SSSR count). The molecule has 0 saturated heterocycles. The maximum atomic E-state index is 14.3. The summed E-state index contributed by atoms with van der Waals surface area (Å²) in [6.07, 6.45) is 4.82. The summed E-state index contributed by atoms with van der Waals surface area (Å²) in [6, 6.07) is 14.1. The number of nitrogens with one attached hydrogen (secondary N) is 2. The van der Waals surface area contributed by atoms with Gasteiger partial charge in [-0.2, -0.15) is 18.4 Å². The lowest BCUT2D eigenvalue weighted by molar-refractivity contribution is -0.139. The molecule has 1 aliphatic rings. The number of sulfonamides is 1. The number of carboxylic acid groups (broad SMARTS) is 1. The summed E-state index contributed by atoms with van der Waals surface area (Å²) in [5.41, 5.74) is 0.729. The molecular formula is C42H41Cl2FN10O13S4. The molecule has 3 N–H and O–H groups in total. The van der Waals surface area contributed by atoms with E-state index in [4.69, 9.17) is 42.5 Å². The zero-order valence-corrected chi connectivity index (χ0v) is 42.8. The van der Waals surface area contributed by atoms with Crippen LogP contribution in [0.5, 0.6) is 17.5 Å². The van der Waals surface area contributed by atoms with Crippen molar-refractivity contribution in [2.75, 3.05) is 44.8 Å². The van der Waals surface area contributed by atoms with Gasteiger partial charge in [-0.1, -0.05) is 36.2 Å². The van der Waals surface area contributed by atoms with Crippen molar-refractivity contribution in [3.05, 3.63) is 103 Å². The Labute approximate surface area is 426 Å². The number of carbonyl (C=O) groups is 3. The number of halogens is 3. The number of benzene rings is 2. The number of hydrogen-bond acceptors (Lipinski definition) is 19. The Kier molecular flexibility index (Phi) is 18.2. The Morgan fingerprint density at radius 3 is 2.31 bits per heavy atom. The van der Waals surface area contributed by atoms with Crippen molar-refractivity contribution in [2.45, 2.75) is 47.8 Å². The van der Waals surface area contributed by atoms with E-state index in [1.807, 2.05) is 0 Å². The summed E-state index contributed by atoms with van der Waals surface area (Å²) in [5, 5.41) is 10.8. The van der Waals surface area contributed by atoms with Gasteiger partial charge < -0.3 is 24.1 Å². The second kappa shape index (κ2) is 24.0. The molecule has 0 spiro atoms. The van der Waals surface area contributed by atoms with Gasteiger partial charge in [-0.15, -0.1) is 11.8 Å². The van der Waals surface area contributed by atoms with Crippen LogP contribution >= 0.6 is 46.3 Å². The van der Waals surface area contributed by atoms with Crippen molar-refractivity contribution in [1.29, 1.82) is 0 Å². The van der Waals surface area contributed by atoms with Crippen LogP contribution < -0.4 is 33.9 Å². The molecule has 6 heterocycles. The highest BCUT2D eigenvalue weighted by Crippen LogP contribution is 2.34. The molecule has 0 aliphatic carbocycles. The number of ether oxygens (including phenoxy) is 4. The summed E-state index contributed by atoms with van der Waals surface area (Å²) in [4.78, 5) is 67.0. The predicted molar refractivity (Wildman–Crippen MR) is 262 cm³/mol. The SMILES string of the molecule is CCS(=O)(=O)c1nc2ccccn2c1S(=O)(=O)NC(=O)Nc1nc(OC)cc(OC)n1.COC(=O)CSc1cc(/N=c2\sc(=O)n3n2CCCC3)c(F)cc1Cl.O=C(O)COc1ccc(Cl)c2cccnc12. The molecular weight excluding hydrogens is 1070 g/mol. The second-order valence-corrected chi connectivity index (χ2v) is 20.9. The van der Waals surface area contributed by atoms with Gasteiger partial charge in [0, 0.05) is 35.8 Å². The van der Waals surface area contributed by atoms with Crippen molar-refractivity contribution in [3.8, 4) is 17.5 Å². The smallest absolute Gasteiger partial charge is 0.341 e. The Bertz CT molecular complexity index is 3510. The van der Waals surface area contributed by atoms with E-state index in [0.29, 0.717) is 39.1 Å². The Morgan fingerprint density at radius 2 is 1.64 bits per heavy atom. The van der Waals surface area contributed by atoms with Gasteiger partial charge in [0.2, 0.25) is 22.5 Å². The lowest BCUT2D eigenvalue weighted by Crippen LogP contribution is -2.36. The number of fused-ring (bicyclic) bond motifs is 3. The van der Waals surface area contributed by atoms with Crippen molar-refractivity contribution in [1.82, 2.24) is 38.4 Å². The highest BCUT2D eigenvalue weighted by Gasteiger charge is 2.33. The fourth-order valence-corrected chi connectivity index (χ4v) is 11.2. The van der Waals surface area contributed by atoms with Crippen LogP contribution in [0.4, 0.5) is 20.8 Å². The van der Waals surface area contributed by atoms with E-state index in [2.05, 4.69) is 35.0 Å². The fourth-order valence-electron chi connectivity index (χ4n) is 6.30. The summed E-state index contributed by atoms with van der Waals surface area (Å²) in [6.45, 7) is 2.28. The van der Waals surface area contributed by atoms with Gasteiger partial charge in [-0.3, -0.25) is 29.0 Å². The van der Waals surface area contributed by atoms with E-state index in [1.54, 1.807) is 50.6 Å². The van der Waals surface area contributed by atoms with Crippen LogP contribution in [0.15, 0.2) is 97.8 Å². The maximum Gasteiger partial charge on any atom is 0.341 e. The normalized spacial score (nSPS) is 12.4. The van der Waals surface area contributed by atoms with Crippen LogP contribution in [-0.4, -0.2) is 113 Å². The number of hydrogen-bond donors (Lipinski definition) is 3. The molecule has 0 unspecified atom stereocenters. The molecule has 2 amide bonds. The number of rotatable bonds is 14. The van der Waals surface area contributed by atoms with Gasteiger partial charge in [0.25, 0.3) is 10.0 Å².